The third kappa shape index (κ3) is 3.82. The number of hydrogen-bond donors (Lipinski definition) is 1. The first kappa shape index (κ1) is 19.0. The molecule has 0 radical (unpaired) electrons. The lowest BCUT2D eigenvalue weighted by molar-refractivity contribution is -0.120. The van der Waals surface area contributed by atoms with Crippen molar-refractivity contribution >= 4 is 28.5 Å². The summed E-state index contributed by atoms with van der Waals surface area (Å²) in [6.45, 7) is 0.545. The van der Waals surface area contributed by atoms with E-state index in [-0.39, 0.29) is 17.9 Å². The summed E-state index contributed by atoms with van der Waals surface area (Å²) in [5.74, 6) is -0.0891. The minimum absolute atomic E-state index is 0.0891. The Balaban J connectivity index is 1.93. The second-order valence-corrected chi connectivity index (χ2v) is 7.25. The van der Waals surface area contributed by atoms with E-state index >= 15 is 0 Å². The third-order valence-corrected chi connectivity index (χ3v) is 5.15. The number of fused-ring (bicyclic) bond motifs is 1. The Morgan fingerprint density at radius 1 is 0.966 bits per heavy atom. The Bertz CT molecular complexity index is 1240. The summed E-state index contributed by atoms with van der Waals surface area (Å²) >= 11 is 6.16. The van der Waals surface area contributed by atoms with Gasteiger partial charge in [-0.25, -0.2) is 0 Å². The molecule has 2 aromatic carbocycles. The summed E-state index contributed by atoms with van der Waals surface area (Å²) in [5, 5.41) is 3.33. The molecule has 29 heavy (non-hydrogen) atoms. The van der Waals surface area contributed by atoms with Crippen LogP contribution in [-0.2, 0) is 17.8 Å². The van der Waals surface area contributed by atoms with E-state index in [0.717, 1.165) is 28.0 Å². The molecule has 1 N–H and O–H groups in total. The van der Waals surface area contributed by atoms with E-state index < -0.39 is 0 Å². The van der Waals surface area contributed by atoms with E-state index in [9.17, 15) is 9.59 Å². The van der Waals surface area contributed by atoms with E-state index in [4.69, 9.17) is 11.6 Å². The summed E-state index contributed by atoms with van der Waals surface area (Å²) in [7, 11) is 1.62. The van der Waals surface area contributed by atoms with Gasteiger partial charge in [0.1, 0.15) is 0 Å². The zero-order valence-corrected chi connectivity index (χ0v) is 16.7. The highest BCUT2D eigenvalue weighted by molar-refractivity contribution is 6.30. The fourth-order valence-corrected chi connectivity index (χ4v) is 3.76. The highest BCUT2D eigenvalue weighted by atomic mass is 35.5. The van der Waals surface area contributed by atoms with E-state index in [1.165, 1.54) is 0 Å². The number of carbonyl (C=O) groups is 1. The highest BCUT2D eigenvalue weighted by Crippen LogP contribution is 2.24. The van der Waals surface area contributed by atoms with Crippen molar-refractivity contribution in [3.05, 3.63) is 99.4 Å². The van der Waals surface area contributed by atoms with Gasteiger partial charge in [0.15, 0.2) is 0 Å². The molecule has 0 aliphatic heterocycles. The van der Waals surface area contributed by atoms with Gasteiger partial charge in [-0.05, 0) is 42.0 Å². The van der Waals surface area contributed by atoms with Crippen LogP contribution in [0.4, 0.5) is 0 Å². The summed E-state index contributed by atoms with van der Waals surface area (Å²) in [5.41, 5.74) is 4.17. The second-order valence-electron chi connectivity index (χ2n) is 6.81. The fourth-order valence-electron chi connectivity index (χ4n) is 3.55. The fraction of sp³-hybridized carbons (Fsp3) is 0.130. The number of halogens is 1. The molecule has 4 aromatic rings. The van der Waals surface area contributed by atoms with Crippen molar-refractivity contribution in [3.8, 4) is 5.69 Å². The number of amides is 1. The van der Waals surface area contributed by atoms with Crippen LogP contribution < -0.4 is 10.9 Å². The molecule has 0 unspecified atom stereocenters. The lowest BCUT2D eigenvalue weighted by Gasteiger charge is -2.12. The van der Waals surface area contributed by atoms with Gasteiger partial charge in [-0.3, -0.25) is 14.2 Å². The SMILES string of the molecule is CNC(=O)Cc1cc2c(ccc(=O)n2-c2ccccc2)n1Cc1cccc(Cl)c1. The van der Waals surface area contributed by atoms with Gasteiger partial charge in [-0.1, -0.05) is 41.9 Å². The number of aromatic nitrogens is 2. The van der Waals surface area contributed by atoms with Crippen LogP contribution >= 0.6 is 11.6 Å². The first-order valence-electron chi connectivity index (χ1n) is 9.31. The van der Waals surface area contributed by atoms with Crippen molar-refractivity contribution < 1.29 is 4.79 Å². The van der Waals surface area contributed by atoms with E-state index in [1.807, 2.05) is 66.7 Å². The van der Waals surface area contributed by atoms with Gasteiger partial charge in [-0.15, -0.1) is 0 Å². The minimum Gasteiger partial charge on any atom is -0.359 e. The number of nitrogens with zero attached hydrogens (tertiary/aromatic N) is 2. The zero-order valence-electron chi connectivity index (χ0n) is 15.9. The molecule has 6 heteroatoms. The summed E-state index contributed by atoms with van der Waals surface area (Å²) in [6.07, 6.45) is 0.217. The Kier molecular flexibility index (Phi) is 5.23. The summed E-state index contributed by atoms with van der Waals surface area (Å²) < 4.78 is 3.74. The van der Waals surface area contributed by atoms with Crippen LogP contribution in [-0.4, -0.2) is 22.1 Å². The molecule has 2 aromatic heterocycles. The molecule has 0 fully saturated rings. The predicted octanol–water partition coefficient (Wildman–Crippen LogP) is 3.78. The van der Waals surface area contributed by atoms with E-state index in [0.29, 0.717) is 11.6 Å². The number of para-hydroxylation sites is 1. The van der Waals surface area contributed by atoms with E-state index in [2.05, 4.69) is 9.88 Å². The predicted molar refractivity (Wildman–Crippen MR) is 116 cm³/mol. The molecule has 1 amide bonds. The average Bonchev–Trinajstić information content (AvgIpc) is 3.05. The number of hydrogen-bond acceptors (Lipinski definition) is 2. The van der Waals surface area contributed by atoms with Crippen molar-refractivity contribution in [3.63, 3.8) is 0 Å². The number of pyridine rings is 1. The maximum absolute atomic E-state index is 12.7. The van der Waals surface area contributed by atoms with Gasteiger partial charge in [0.25, 0.3) is 5.56 Å². The molecule has 0 atom stereocenters. The van der Waals surface area contributed by atoms with Gasteiger partial charge in [0.2, 0.25) is 5.91 Å². The van der Waals surface area contributed by atoms with Gasteiger partial charge in [0, 0.05) is 36.1 Å². The number of benzene rings is 2. The number of carbonyl (C=O) groups excluding carboxylic acids is 1. The van der Waals surface area contributed by atoms with Crippen LogP contribution in [0.2, 0.25) is 5.02 Å². The molecule has 0 saturated heterocycles. The summed E-state index contributed by atoms with van der Waals surface area (Å²) in [4.78, 5) is 24.8. The lowest BCUT2D eigenvalue weighted by atomic mass is 10.2. The Morgan fingerprint density at radius 3 is 2.48 bits per heavy atom. The standard InChI is InChI=1S/C23H20ClN3O2/c1-25-22(28)14-19-13-21-20(26(19)15-16-6-5-7-17(24)12-16)10-11-23(29)27(21)18-8-3-2-4-9-18/h2-13H,14-15H2,1H3,(H,25,28). The molecule has 5 nitrogen and oxygen atoms in total. The highest BCUT2D eigenvalue weighted by Gasteiger charge is 2.16. The van der Waals surface area contributed by atoms with Crippen molar-refractivity contribution in [1.82, 2.24) is 14.5 Å². The van der Waals surface area contributed by atoms with Gasteiger partial charge >= 0.3 is 0 Å². The van der Waals surface area contributed by atoms with Crippen molar-refractivity contribution in [2.45, 2.75) is 13.0 Å². The molecule has 0 bridgehead atoms. The topological polar surface area (TPSA) is 56.0 Å². The average molecular weight is 406 g/mol. The van der Waals surface area contributed by atoms with Crippen molar-refractivity contribution in [1.29, 1.82) is 0 Å². The molecule has 0 saturated carbocycles. The Labute approximate surface area is 173 Å². The monoisotopic (exact) mass is 405 g/mol. The molecular formula is C23H20ClN3O2. The maximum atomic E-state index is 12.7. The van der Waals surface area contributed by atoms with Crippen LogP contribution in [0.1, 0.15) is 11.3 Å². The molecule has 0 aliphatic rings. The van der Waals surface area contributed by atoms with E-state index in [1.54, 1.807) is 17.7 Å². The second kappa shape index (κ2) is 7.97. The van der Waals surface area contributed by atoms with Crippen LogP contribution in [0, 0.1) is 0 Å². The van der Waals surface area contributed by atoms with Crippen molar-refractivity contribution in [2.75, 3.05) is 7.05 Å². The largest absolute Gasteiger partial charge is 0.359 e. The van der Waals surface area contributed by atoms with Crippen LogP contribution in [0.5, 0.6) is 0 Å². The Hall–Kier alpha value is -3.31. The number of rotatable bonds is 5. The molecule has 0 spiro atoms. The molecule has 0 aliphatic carbocycles. The smallest absolute Gasteiger partial charge is 0.255 e. The van der Waals surface area contributed by atoms with Gasteiger partial charge < -0.3 is 9.88 Å². The molecule has 2 heterocycles. The molecule has 4 rings (SSSR count). The van der Waals surface area contributed by atoms with Crippen LogP contribution in [0.25, 0.3) is 16.7 Å². The normalized spacial score (nSPS) is 11.0. The molecule has 146 valence electrons. The van der Waals surface area contributed by atoms with Gasteiger partial charge in [-0.2, -0.15) is 0 Å². The summed E-state index contributed by atoms with van der Waals surface area (Å²) in [6, 6.07) is 22.4. The quantitative estimate of drug-likeness (QED) is 0.549. The number of likely N-dealkylation sites (N-methyl/N-ethyl adjacent to an activating group) is 1. The molecular weight excluding hydrogens is 386 g/mol. The van der Waals surface area contributed by atoms with Crippen LogP contribution in [0.15, 0.2) is 77.6 Å². The Morgan fingerprint density at radius 2 is 1.76 bits per heavy atom. The number of nitrogens with one attached hydrogen (secondary N) is 1. The first-order valence-corrected chi connectivity index (χ1v) is 9.69. The van der Waals surface area contributed by atoms with Gasteiger partial charge in [0.05, 0.1) is 17.5 Å². The van der Waals surface area contributed by atoms with Crippen LogP contribution in [0.3, 0.4) is 0 Å². The maximum Gasteiger partial charge on any atom is 0.255 e. The lowest BCUT2D eigenvalue weighted by Crippen LogP contribution is -2.21. The minimum atomic E-state index is -0.116. The third-order valence-electron chi connectivity index (χ3n) is 4.91. The van der Waals surface area contributed by atoms with Crippen molar-refractivity contribution in [2.24, 2.45) is 0 Å². The zero-order chi connectivity index (χ0) is 20.4. The first-order chi connectivity index (χ1) is 14.1.